The molecule has 2 aromatic rings. The topological polar surface area (TPSA) is 46.5 Å². The fourth-order valence-electron chi connectivity index (χ4n) is 2.39. The van der Waals surface area contributed by atoms with E-state index in [2.05, 4.69) is 0 Å². The molecule has 0 radical (unpaired) electrons. The predicted octanol–water partition coefficient (Wildman–Crippen LogP) is 2.74. The number of halogens is 1. The minimum atomic E-state index is -1.54. The number of rotatable bonds is 2. The molecule has 3 nitrogen and oxygen atoms in total. The summed E-state index contributed by atoms with van der Waals surface area (Å²) in [5, 5.41) is 9.53. The van der Waals surface area contributed by atoms with Crippen LogP contribution in [0.2, 0.25) is 0 Å². The normalized spacial score (nSPS) is 20.7. The van der Waals surface area contributed by atoms with Crippen molar-refractivity contribution in [1.82, 2.24) is 0 Å². The lowest BCUT2D eigenvalue weighted by molar-refractivity contribution is -0.154. The van der Waals surface area contributed by atoms with Crippen molar-refractivity contribution in [2.24, 2.45) is 0 Å². The van der Waals surface area contributed by atoms with Gasteiger partial charge in [0.05, 0.1) is 0 Å². The SMILES string of the molecule is O=C(O)C1(c2ccccc2)Cc2c(F)cccc2O1. The highest BCUT2D eigenvalue weighted by molar-refractivity contribution is 5.82. The van der Waals surface area contributed by atoms with Crippen molar-refractivity contribution in [2.45, 2.75) is 12.0 Å². The van der Waals surface area contributed by atoms with E-state index in [1.54, 1.807) is 36.4 Å². The van der Waals surface area contributed by atoms with E-state index < -0.39 is 17.4 Å². The zero-order chi connectivity index (χ0) is 13.5. The number of aliphatic carboxylic acids is 1. The van der Waals surface area contributed by atoms with E-state index in [-0.39, 0.29) is 6.42 Å². The molecule has 1 N–H and O–H groups in total. The molecule has 1 atom stereocenters. The van der Waals surface area contributed by atoms with Gasteiger partial charge in [0, 0.05) is 17.5 Å². The Hall–Kier alpha value is -2.36. The fourth-order valence-corrected chi connectivity index (χ4v) is 2.39. The fraction of sp³-hybridized carbons (Fsp3) is 0.133. The van der Waals surface area contributed by atoms with Gasteiger partial charge in [-0.1, -0.05) is 36.4 Å². The number of carboxylic acids is 1. The summed E-state index contributed by atoms with van der Waals surface area (Å²) < 4.78 is 19.3. The Morgan fingerprint density at radius 3 is 2.53 bits per heavy atom. The van der Waals surface area contributed by atoms with Crippen molar-refractivity contribution in [3.63, 3.8) is 0 Å². The molecule has 0 amide bonds. The van der Waals surface area contributed by atoms with E-state index in [0.29, 0.717) is 16.9 Å². The van der Waals surface area contributed by atoms with E-state index in [1.165, 1.54) is 12.1 Å². The maximum atomic E-state index is 13.7. The molecule has 1 aliphatic rings. The number of benzene rings is 2. The summed E-state index contributed by atoms with van der Waals surface area (Å²) in [5.41, 5.74) is -0.710. The maximum absolute atomic E-state index is 13.7. The largest absolute Gasteiger partial charge is 0.478 e. The van der Waals surface area contributed by atoms with Crippen LogP contribution in [0.1, 0.15) is 11.1 Å². The molecule has 4 heteroatoms. The second-order valence-electron chi connectivity index (χ2n) is 4.49. The summed E-state index contributed by atoms with van der Waals surface area (Å²) >= 11 is 0. The highest BCUT2D eigenvalue weighted by atomic mass is 19.1. The van der Waals surface area contributed by atoms with Gasteiger partial charge in [0.15, 0.2) is 0 Å². The van der Waals surface area contributed by atoms with Crippen molar-refractivity contribution >= 4 is 5.97 Å². The molecule has 2 aromatic carbocycles. The third kappa shape index (κ3) is 1.68. The zero-order valence-electron chi connectivity index (χ0n) is 9.97. The van der Waals surface area contributed by atoms with Crippen LogP contribution in [-0.2, 0) is 16.8 Å². The van der Waals surface area contributed by atoms with Gasteiger partial charge in [0.2, 0.25) is 5.60 Å². The summed E-state index contributed by atoms with van der Waals surface area (Å²) in [6.07, 6.45) is -0.00560. The van der Waals surface area contributed by atoms with Crippen LogP contribution in [0.25, 0.3) is 0 Å². The Morgan fingerprint density at radius 1 is 1.16 bits per heavy atom. The Balaban J connectivity index is 2.13. The lowest BCUT2D eigenvalue weighted by Gasteiger charge is -2.24. The highest BCUT2D eigenvalue weighted by Crippen LogP contribution is 2.42. The van der Waals surface area contributed by atoms with Crippen LogP contribution in [-0.4, -0.2) is 11.1 Å². The van der Waals surface area contributed by atoms with Crippen molar-refractivity contribution in [3.8, 4) is 5.75 Å². The van der Waals surface area contributed by atoms with Crippen molar-refractivity contribution in [3.05, 3.63) is 65.5 Å². The first-order valence-electron chi connectivity index (χ1n) is 5.89. The quantitative estimate of drug-likeness (QED) is 0.900. The molecule has 19 heavy (non-hydrogen) atoms. The molecule has 1 heterocycles. The monoisotopic (exact) mass is 258 g/mol. The number of hydrogen-bond acceptors (Lipinski definition) is 2. The highest BCUT2D eigenvalue weighted by Gasteiger charge is 2.49. The number of carbonyl (C=O) groups is 1. The molecule has 1 aliphatic heterocycles. The number of fused-ring (bicyclic) bond motifs is 1. The predicted molar refractivity (Wildman–Crippen MR) is 66.5 cm³/mol. The molecule has 0 fully saturated rings. The van der Waals surface area contributed by atoms with E-state index in [9.17, 15) is 14.3 Å². The van der Waals surface area contributed by atoms with Crippen molar-refractivity contribution in [2.75, 3.05) is 0 Å². The molecule has 0 aliphatic carbocycles. The number of carboxylic acid groups (broad SMARTS) is 1. The summed E-state index contributed by atoms with van der Waals surface area (Å²) in [4.78, 5) is 11.7. The summed E-state index contributed by atoms with van der Waals surface area (Å²) in [6.45, 7) is 0. The molecule has 96 valence electrons. The molecule has 1 unspecified atom stereocenters. The third-order valence-corrected chi connectivity index (χ3v) is 3.37. The van der Waals surface area contributed by atoms with Gasteiger partial charge < -0.3 is 9.84 Å². The van der Waals surface area contributed by atoms with E-state index in [4.69, 9.17) is 4.74 Å². The third-order valence-electron chi connectivity index (χ3n) is 3.37. The molecule has 0 saturated carbocycles. The first-order chi connectivity index (χ1) is 9.13. The lowest BCUT2D eigenvalue weighted by Crippen LogP contribution is -2.40. The number of hydrogen-bond donors (Lipinski definition) is 1. The van der Waals surface area contributed by atoms with Gasteiger partial charge in [-0.15, -0.1) is 0 Å². The van der Waals surface area contributed by atoms with Crippen LogP contribution < -0.4 is 4.74 Å². The van der Waals surface area contributed by atoms with Crippen molar-refractivity contribution in [1.29, 1.82) is 0 Å². The molecule has 0 aromatic heterocycles. The van der Waals surface area contributed by atoms with Crippen LogP contribution in [0.4, 0.5) is 4.39 Å². The molecular formula is C15H11FO3. The first kappa shape index (κ1) is 11.7. The van der Waals surface area contributed by atoms with E-state index in [1.807, 2.05) is 0 Å². The van der Waals surface area contributed by atoms with Gasteiger partial charge in [-0.05, 0) is 12.1 Å². The van der Waals surface area contributed by atoms with Crippen molar-refractivity contribution < 1.29 is 19.0 Å². The van der Waals surface area contributed by atoms with Crippen LogP contribution in [0.15, 0.2) is 48.5 Å². The van der Waals surface area contributed by atoms with Crippen LogP contribution in [0, 0.1) is 5.82 Å². The van der Waals surface area contributed by atoms with Gasteiger partial charge in [-0.3, -0.25) is 0 Å². The molecular weight excluding hydrogens is 247 g/mol. The maximum Gasteiger partial charge on any atom is 0.353 e. The van der Waals surface area contributed by atoms with E-state index >= 15 is 0 Å². The van der Waals surface area contributed by atoms with Crippen LogP contribution in [0.3, 0.4) is 0 Å². The van der Waals surface area contributed by atoms with Crippen LogP contribution >= 0.6 is 0 Å². The smallest absolute Gasteiger partial charge is 0.353 e. The summed E-state index contributed by atoms with van der Waals surface area (Å²) in [7, 11) is 0. The van der Waals surface area contributed by atoms with Gasteiger partial charge >= 0.3 is 5.97 Å². The second kappa shape index (κ2) is 4.09. The average Bonchev–Trinajstić information content (AvgIpc) is 2.82. The Kier molecular flexibility index (Phi) is 2.52. The van der Waals surface area contributed by atoms with Gasteiger partial charge in [-0.25, -0.2) is 9.18 Å². The average molecular weight is 258 g/mol. The molecule has 0 spiro atoms. The Labute approximate surface area is 109 Å². The van der Waals surface area contributed by atoms with E-state index in [0.717, 1.165) is 0 Å². The van der Waals surface area contributed by atoms with Gasteiger partial charge in [-0.2, -0.15) is 0 Å². The zero-order valence-corrected chi connectivity index (χ0v) is 9.97. The summed E-state index contributed by atoms with van der Waals surface area (Å²) in [6, 6.07) is 13.0. The van der Waals surface area contributed by atoms with Gasteiger partial charge in [0.1, 0.15) is 11.6 Å². The number of ether oxygens (including phenoxy) is 1. The van der Waals surface area contributed by atoms with Gasteiger partial charge in [0.25, 0.3) is 0 Å². The Morgan fingerprint density at radius 2 is 1.89 bits per heavy atom. The Bertz CT molecular complexity index is 639. The molecule has 0 saturated heterocycles. The molecule has 3 rings (SSSR count). The standard InChI is InChI=1S/C15H11FO3/c16-12-7-4-8-13-11(12)9-15(19-13,14(17)18)10-5-2-1-3-6-10/h1-8H,9H2,(H,17,18). The minimum Gasteiger partial charge on any atom is -0.478 e. The lowest BCUT2D eigenvalue weighted by atomic mass is 9.89. The summed E-state index contributed by atoms with van der Waals surface area (Å²) in [5.74, 6) is -1.25. The van der Waals surface area contributed by atoms with Crippen LogP contribution in [0.5, 0.6) is 5.75 Å². The second-order valence-corrected chi connectivity index (χ2v) is 4.49. The molecule has 0 bridgehead atoms. The first-order valence-corrected chi connectivity index (χ1v) is 5.89. The minimum absolute atomic E-state index is 0.00560.